The third kappa shape index (κ3) is 3.18. The average molecular weight is 331 g/mol. The Morgan fingerprint density at radius 3 is 2.50 bits per heavy atom. The Morgan fingerprint density at radius 2 is 1.88 bits per heavy atom. The van der Waals surface area contributed by atoms with Gasteiger partial charge in [-0.1, -0.05) is 0 Å². The number of carbonyl (C=O) groups is 1. The Labute approximate surface area is 109 Å². The number of quaternary nitrogens is 1. The highest BCUT2D eigenvalue weighted by atomic mass is 127. The molecular weight excluding hydrogens is 315 g/mol. The lowest BCUT2D eigenvalue weighted by Gasteiger charge is -2.19. The average Bonchev–Trinajstić information content (AvgIpc) is 2.33. The van der Waals surface area contributed by atoms with Crippen LogP contribution >= 0.6 is 22.6 Å². The van der Waals surface area contributed by atoms with Crippen molar-refractivity contribution in [3.05, 3.63) is 27.8 Å². The van der Waals surface area contributed by atoms with Crippen LogP contribution in [0.4, 0.5) is 5.69 Å². The third-order valence-electron chi connectivity index (χ3n) is 2.92. The van der Waals surface area contributed by atoms with Crippen molar-refractivity contribution in [1.82, 2.24) is 0 Å². The van der Waals surface area contributed by atoms with Gasteiger partial charge in [-0.3, -0.25) is 4.79 Å². The second-order valence-electron chi connectivity index (χ2n) is 4.14. The monoisotopic (exact) mass is 331 g/mol. The molecule has 1 aromatic carbocycles. The summed E-state index contributed by atoms with van der Waals surface area (Å²) in [7, 11) is 0. The molecular formula is C12H16IN2O+. The van der Waals surface area contributed by atoms with Crippen LogP contribution in [0.15, 0.2) is 24.3 Å². The first-order valence-corrected chi connectivity index (χ1v) is 6.71. The van der Waals surface area contributed by atoms with E-state index in [9.17, 15) is 4.79 Å². The minimum Gasteiger partial charge on any atom is -0.346 e. The molecule has 3 nitrogen and oxygen atoms in total. The number of benzene rings is 1. The number of halogens is 1. The summed E-state index contributed by atoms with van der Waals surface area (Å²) in [6.07, 6.45) is 1.99. The number of amides is 1. The zero-order valence-corrected chi connectivity index (χ0v) is 11.2. The summed E-state index contributed by atoms with van der Waals surface area (Å²) in [5, 5.41) is 5.26. The molecule has 1 aromatic rings. The largest absolute Gasteiger partial charge is 0.346 e. The number of anilines is 1. The van der Waals surface area contributed by atoms with Crippen molar-refractivity contribution in [2.24, 2.45) is 5.92 Å². The molecule has 86 valence electrons. The first-order chi connectivity index (χ1) is 7.75. The van der Waals surface area contributed by atoms with Crippen LogP contribution in [0.2, 0.25) is 0 Å². The molecule has 1 amide bonds. The molecule has 0 aliphatic carbocycles. The van der Waals surface area contributed by atoms with E-state index >= 15 is 0 Å². The Bertz CT molecular complexity index is 358. The van der Waals surface area contributed by atoms with Crippen molar-refractivity contribution in [1.29, 1.82) is 0 Å². The van der Waals surface area contributed by atoms with Crippen molar-refractivity contribution in [2.75, 3.05) is 18.4 Å². The van der Waals surface area contributed by atoms with Gasteiger partial charge in [0.25, 0.3) is 0 Å². The number of nitrogens with two attached hydrogens (primary N) is 1. The molecule has 0 saturated carbocycles. The molecule has 1 saturated heterocycles. The standard InChI is InChI=1S/C12H15IN2O/c13-10-1-3-11(4-2-10)15-12(16)9-5-7-14-8-6-9/h1-4,9,14H,5-8H2,(H,15,16)/p+1. The molecule has 1 heterocycles. The topological polar surface area (TPSA) is 45.7 Å². The van der Waals surface area contributed by atoms with Crippen LogP contribution in [0, 0.1) is 9.49 Å². The van der Waals surface area contributed by atoms with Gasteiger partial charge in [0.05, 0.1) is 13.1 Å². The molecule has 1 fully saturated rings. The molecule has 0 aromatic heterocycles. The van der Waals surface area contributed by atoms with Crippen LogP contribution in [-0.4, -0.2) is 19.0 Å². The molecule has 0 spiro atoms. The number of carbonyl (C=O) groups excluding carboxylic acids is 1. The lowest BCUT2D eigenvalue weighted by molar-refractivity contribution is -0.663. The number of rotatable bonds is 2. The number of nitrogens with one attached hydrogen (secondary N) is 1. The summed E-state index contributed by atoms with van der Waals surface area (Å²) in [5.74, 6) is 0.374. The van der Waals surface area contributed by atoms with E-state index < -0.39 is 0 Å². The van der Waals surface area contributed by atoms with E-state index in [-0.39, 0.29) is 11.8 Å². The van der Waals surface area contributed by atoms with E-state index in [4.69, 9.17) is 0 Å². The fraction of sp³-hybridized carbons (Fsp3) is 0.417. The van der Waals surface area contributed by atoms with Gasteiger partial charge in [0, 0.05) is 28.0 Å². The predicted octanol–water partition coefficient (Wildman–Crippen LogP) is 1.20. The number of hydrogen-bond acceptors (Lipinski definition) is 1. The van der Waals surface area contributed by atoms with Gasteiger partial charge in [-0.05, 0) is 46.9 Å². The minimum absolute atomic E-state index is 0.175. The number of hydrogen-bond donors (Lipinski definition) is 2. The quantitative estimate of drug-likeness (QED) is 0.786. The summed E-state index contributed by atoms with van der Waals surface area (Å²) in [6.45, 7) is 2.15. The normalized spacial score (nSPS) is 17.1. The Morgan fingerprint density at radius 1 is 1.25 bits per heavy atom. The van der Waals surface area contributed by atoms with Crippen LogP contribution in [0.3, 0.4) is 0 Å². The van der Waals surface area contributed by atoms with E-state index in [2.05, 4.69) is 33.2 Å². The smallest absolute Gasteiger partial charge is 0.227 e. The Hall–Kier alpha value is -0.620. The molecule has 0 radical (unpaired) electrons. The maximum atomic E-state index is 11.9. The molecule has 4 heteroatoms. The lowest BCUT2D eigenvalue weighted by atomic mass is 9.97. The highest BCUT2D eigenvalue weighted by molar-refractivity contribution is 14.1. The van der Waals surface area contributed by atoms with Crippen LogP contribution in [-0.2, 0) is 4.79 Å². The molecule has 0 atom stereocenters. The van der Waals surface area contributed by atoms with Gasteiger partial charge in [0.15, 0.2) is 0 Å². The fourth-order valence-electron chi connectivity index (χ4n) is 1.97. The SMILES string of the molecule is O=C(Nc1ccc(I)cc1)C1CC[NH2+]CC1. The number of piperidine rings is 1. The molecule has 0 bridgehead atoms. The third-order valence-corrected chi connectivity index (χ3v) is 3.64. The Balaban J connectivity index is 1.93. The fourth-order valence-corrected chi connectivity index (χ4v) is 2.33. The molecule has 3 N–H and O–H groups in total. The van der Waals surface area contributed by atoms with Crippen molar-refractivity contribution in [2.45, 2.75) is 12.8 Å². The highest BCUT2D eigenvalue weighted by Gasteiger charge is 2.22. The summed E-state index contributed by atoms with van der Waals surface area (Å²) >= 11 is 2.26. The van der Waals surface area contributed by atoms with E-state index in [0.29, 0.717) is 0 Å². The first kappa shape index (κ1) is 11.9. The van der Waals surface area contributed by atoms with Crippen LogP contribution in [0.5, 0.6) is 0 Å². The lowest BCUT2D eigenvalue weighted by Crippen LogP contribution is -2.86. The van der Waals surface area contributed by atoms with Crippen LogP contribution in [0.25, 0.3) is 0 Å². The molecule has 0 unspecified atom stereocenters. The van der Waals surface area contributed by atoms with Crippen LogP contribution < -0.4 is 10.6 Å². The van der Waals surface area contributed by atoms with Crippen molar-refractivity contribution < 1.29 is 10.1 Å². The van der Waals surface area contributed by atoms with Gasteiger partial charge >= 0.3 is 0 Å². The molecule has 1 aliphatic heterocycles. The van der Waals surface area contributed by atoms with Gasteiger partial charge < -0.3 is 10.6 Å². The van der Waals surface area contributed by atoms with Gasteiger partial charge in [0.2, 0.25) is 5.91 Å². The van der Waals surface area contributed by atoms with Crippen molar-refractivity contribution in [3.63, 3.8) is 0 Å². The van der Waals surface area contributed by atoms with Crippen LogP contribution in [0.1, 0.15) is 12.8 Å². The minimum atomic E-state index is 0.175. The van der Waals surface area contributed by atoms with E-state index in [0.717, 1.165) is 31.6 Å². The van der Waals surface area contributed by atoms with E-state index in [1.165, 1.54) is 3.57 Å². The zero-order chi connectivity index (χ0) is 11.4. The second kappa shape index (κ2) is 5.63. The van der Waals surface area contributed by atoms with E-state index in [1.54, 1.807) is 0 Å². The molecule has 1 aliphatic rings. The van der Waals surface area contributed by atoms with Gasteiger partial charge in [0.1, 0.15) is 0 Å². The predicted molar refractivity (Wildman–Crippen MR) is 72.2 cm³/mol. The van der Waals surface area contributed by atoms with Gasteiger partial charge in [-0.25, -0.2) is 0 Å². The van der Waals surface area contributed by atoms with Gasteiger partial charge in [-0.2, -0.15) is 0 Å². The maximum absolute atomic E-state index is 11.9. The summed E-state index contributed by atoms with van der Waals surface area (Å²) in [6, 6.07) is 7.92. The van der Waals surface area contributed by atoms with Gasteiger partial charge in [-0.15, -0.1) is 0 Å². The first-order valence-electron chi connectivity index (χ1n) is 5.64. The van der Waals surface area contributed by atoms with Crippen molar-refractivity contribution in [3.8, 4) is 0 Å². The summed E-state index contributed by atoms with van der Waals surface area (Å²) in [5.41, 5.74) is 0.903. The zero-order valence-electron chi connectivity index (χ0n) is 9.08. The highest BCUT2D eigenvalue weighted by Crippen LogP contribution is 2.15. The Kier molecular flexibility index (Phi) is 4.17. The summed E-state index contributed by atoms with van der Waals surface area (Å²) < 4.78 is 1.18. The second-order valence-corrected chi connectivity index (χ2v) is 5.38. The molecule has 2 rings (SSSR count). The van der Waals surface area contributed by atoms with E-state index in [1.807, 2.05) is 24.3 Å². The van der Waals surface area contributed by atoms with Crippen molar-refractivity contribution >= 4 is 34.2 Å². The summed E-state index contributed by atoms with van der Waals surface area (Å²) in [4.78, 5) is 11.9. The molecule has 16 heavy (non-hydrogen) atoms. The maximum Gasteiger partial charge on any atom is 0.227 e.